The maximum atomic E-state index is 10.3. The van der Waals surface area contributed by atoms with Gasteiger partial charge in [0.2, 0.25) is 0 Å². The molecule has 106 valence electrons. The second-order valence-electron chi connectivity index (χ2n) is 4.74. The van der Waals surface area contributed by atoms with Crippen molar-refractivity contribution in [3.8, 4) is 0 Å². The van der Waals surface area contributed by atoms with Gasteiger partial charge in [0.05, 0.1) is 6.61 Å². The number of carbonyl (C=O) groups excluding carboxylic acids is 1. The SMILES string of the molecule is C=C(OCCCCCCCCCCCC)C(=O)[O-]. The van der Waals surface area contributed by atoms with Crippen molar-refractivity contribution in [2.75, 3.05) is 6.61 Å². The highest BCUT2D eigenvalue weighted by Gasteiger charge is 1.96. The van der Waals surface area contributed by atoms with Gasteiger partial charge in [0.15, 0.2) is 0 Å². The Morgan fingerprint density at radius 1 is 0.944 bits per heavy atom. The van der Waals surface area contributed by atoms with Gasteiger partial charge in [-0.2, -0.15) is 0 Å². The first-order valence-corrected chi connectivity index (χ1v) is 7.21. The third-order valence-electron chi connectivity index (χ3n) is 3.00. The summed E-state index contributed by atoms with van der Waals surface area (Å²) in [5, 5.41) is 10.3. The highest BCUT2D eigenvalue weighted by Crippen LogP contribution is 2.10. The molecule has 0 saturated carbocycles. The third kappa shape index (κ3) is 11.5. The Balaban J connectivity index is 3.07. The lowest BCUT2D eigenvalue weighted by Gasteiger charge is -2.09. The molecule has 3 nitrogen and oxygen atoms in total. The maximum Gasteiger partial charge on any atom is 0.134 e. The summed E-state index contributed by atoms with van der Waals surface area (Å²) in [6.45, 7) is 5.92. The van der Waals surface area contributed by atoms with E-state index in [1.54, 1.807) is 0 Å². The molecule has 0 aromatic rings. The van der Waals surface area contributed by atoms with Gasteiger partial charge in [-0.3, -0.25) is 0 Å². The molecule has 0 amide bonds. The van der Waals surface area contributed by atoms with E-state index in [4.69, 9.17) is 4.74 Å². The Kier molecular flexibility index (Phi) is 11.8. The van der Waals surface area contributed by atoms with Crippen molar-refractivity contribution >= 4 is 5.97 Å². The molecule has 0 aliphatic rings. The Labute approximate surface area is 111 Å². The minimum Gasteiger partial charge on any atom is -0.542 e. The zero-order valence-corrected chi connectivity index (χ0v) is 11.7. The van der Waals surface area contributed by atoms with Crippen LogP contribution in [0.25, 0.3) is 0 Å². The predicted molar refractivity (Wildman–Crippen MR) is 71.9 cm³/mol. The van der Waals surface area contributed by atoms with E-state index in [-0.39, 0.29) is 5.76 Å². The number of carbonyl (C=O) groups is 1. The summed E-state index contributed by atoms with van der Waals surface area (Å²) in [5.41, 5.74) is 0. The van der Waals surface area contributed by atoms with Crippen LogP contribution < -0.4 is 5.11 Å². The molecule has 0 spiro atoms. The predicted octanol–water partition coefficient (Wildman–Crippen LogP) is 3.19. The molecule has 0 N–H and O–H groups in total. The maximum absolute atomic E-state index is 10.3. The van der Waals surface area contributed by atoms with E-state index in [1.165, 1.54) is 51.4 Å². The summed E-state index contributed by atoms with van der Waals surface area (Å²) in [6, 6.07) is 0. The fraction of sp³-hybridized carbons (Fsp3) is 0.800. The second-order valence-corrected chi connectivity index (χ2v) is 4.74. The molecule has 18 heavy (non-hydrogen) atoms. The molecule has 0 bridgehead atoms. The van der Waals surface area contributed by atoms with Crippen molar-refractivity contribution in [3.63, 3.8) is 0 Å². The van der Waals surface area contributed by atoms with E-state index >= 15 is 0 Å². The van der Waals surface area contributed by atoms with E-state index in [0.717, 1.165) is 12.8 Å². The lowest BCUT2D eigenvalue weighted by atomic mass is 10.1. The van der Waals surface area contributed by atoms with Crippen molar-refractivity contribution in [2.45, 2.75) is 71.1 Å². The zero-order valence-electron chi connectivity index (χ0n) is 11.7. The first-order chi connectivity index (χ1) is 8.68. The van der Waals surface area contributed by atoms with E-state index in [9.17, 15) is 9.90 Å². The molecule has 0 aromatic carbocycles. The van der Waals surface area contributed by atoms with Gasteiger partial charge in [0, 0.05) is 0 Å². The topological polar surface area (TPSA) is 49.4 Å². The van der Waals surface area contributed by atoms with Gasteiger partial charge in [0.1, 0.15) is 11.7 Å². The van der Waals surface area contributed by atoms with Gasteiger partial charge in [0.25, 0.3) is 0 Å². The van der Waals surface area contributed by atoms with Gasteiger partial charge in [-0.25, -0.2) is 0 Å². The number of carboxylic acid groups (broad SMARTS) is 1. The summed E-state index contributed by atoms with van der Waals surface area (Å²) in [5.74, 6) is -1.58. The standard InChI is InChI=1S/C15H28O3/c1-3-4-5-6-7-8-9-10-11-12-13-18-14(2)15(16)17/h2-13H2,1H3,(H,16,17)/p-1. The average molecular weight is 255 g/mol. The van der Waals surface area contributed by atoms with Crippen molar-refractivity contribution in [2.24, 2.45) is 0 Å². The lowest BCUT2D eigenvalue weighted by Crippen LogP contribution is -2.25. The van der Waals surface area contributed by atoms with E-state index in [0.29, 0.717) is 6.61 Å². The monoisotopic (exact) mass is 255 g/mol. The molecule has 0 rings (SSSR count). The fourth-order valence-corrected chi connectivity index (χ4v) is 1.84. The van der Waals surface area contributed by atoms with Crippen LogP contribution in [0.4, 0.5) is 0 Å². The fourth-order valence-electron chi connectivity index (χ4n) is 1.84. The number of ether oxygens (including phenoxy) is 1. The Morgan fingerprint density at radius 3 is 1.83 bits per heavy atom. The van der Waals surface area contributed by atoms with Crippen LogP contribution in [-0.4, -0.2) is 12.6 Å². The molecule has 0 saturated heterocycles. The summed E-state index contributed by atoms with van der Waals surface area (Å²) in [6.07, 6.45) is 12.5. The van der Waals surface area contributed by atoms with E-state index < -0.39 is 5.97 Å². The molecule has 0 fully saturated rings. The molecule has 0 unspecified atom stereocenters. The van der Waals surface area contributed by atoms with Crippen LogP contribution in [0.15, 0.2) is 12.3 Å². The van der Waals surface area contributed by atoms with Gasteiger partial charge in [-0.05, 0) is 6.42 Å². The van der Waals surface area contributed by atoms with Crippen LogP contribution in [0.5, 0.6) is 0 Å². The molecule has 0 radical (unpaired) electrons. The second kappa shape index (κ2) is 12.5. The van der Waals surface area contributed by atoms with Crippen LogP contribution in [0, 0.1) is 0 Å². The van der Waals surface area contributed by atoms with Gasteiger partial charge >= 0.3 is 0 Å². The lowest BCUT2D eigenvalue weighted by molar-refractivity contribution is -0.303. The van der Waals surface area contributed by atoms with Crippen LogP contribution >= 0.6 is 0 Å². The minimum absolute atomic E-state index is 0.258. The number of hydrogen-bond donors (Lipinski definition) is 0. The Hall–Kier alpha value is -0.990. The smallest absolute Gasteiger partial charge is 0.134 e. The normalized spacial score (nSPS) is 10.3. The number of hydrogen-bond acceptors (Lipinski definition) is 3. The quantitative estimate of drug-likeness (QED) is 0.288. The number of aliphatic carboxylic acids is 1. The zero-order chi connectivity index (χ0) is 13.6. The van der Waals surface area contributed by atoms with Crippen LogP contribution in [0.2, 0.25) is 0 Å². The molecular formula is C15H27O3-. The highest BCUT2D eigenvalue weighted by atomic mass is 16.5. The molecule has 0 aliphatic carbocycles. The van der Waals surface area contributed by atoms with Crippen LogP contribution in [-0.2, 0) is 9.53 Å². The van der Waals surface area contributed by atoms with Crippen LogP contribution in [0.3, 0.4) is 0 Å². The minimum atomic E-state index is -1.32. The Bertz CT molecular complexity index is 224. The molecule has 0 atom stereocenters. The van der Waals surface area contributed by atoms with Gasteiger partial charge < -0.3 is 14.6 Å². The average Bonchev–Trinajstić information content (AvgIpc) is 2.35. The van der Waals surface area contributed by atoms with Crippen molar-refractivity contribution in [1.29, 1.82) is 0 Å². The van der Waals surface area contributed by atoms with Crippen molar-refractivity contribution in [3.05, 3.63) is 12.3 Å². The summed E-state index contributed by atoms with van der Waals surface area (Å²) in [4.78, 5) is 10.3. The molecule has 0 aliphatic heterocycles. The molecule has 3 heteroatoms. The largest absolute Gasteiger partial charge is 0.542 e. The summed E-state index contributed by atoms with van der Waals surface area (Å²) >= 11 is 0. The van der Waals surface area contributed by atoms with E-state index in [1.807, 2.05) is 0 Å². The van der Waals surface area contributed by atoms with Crippen molar-refractivity contribution < 1.29 is 14.6 Å². The first-order valence-electron chi connectivity index (χ1n) is 7.21. The molecular weight excluding hydrogens is 228 g/mol. The number of rotatable bonds is 13. The molecule has 0 heterocycles. The van der Waals surface area contributed by atoms with Crippen LogP contribution in [0.1, 0.15) is 71.1 Å². The molecule has 0 aromatic heterocycles. The summed E-state index contributed by atoms with van der Waals surface area (Å²) in [7, 11) is 0. The van der Waals surface area contributed by atoms with Gasteiger partial charge in [-0.15, -0.1) is 0 Å². The number of unbranched alkanes of at least 4 members (excludes halogenated alkanes) is 9. The first kappa shape index (κ1) is 17.0. The van der Waals surface area contributed by atoms with Crippen molar-refractivity contribution in [1.82, 2.24) is 0 Å². The van der Waals surface area contributed by atoms with E-state index in [2.05, 4.69) is 13.5 Å². The van der Waals surface area contributed by atoms with Gasteiger partial charge in [-0.1, -0.05) is 71.3 Å². The highest BCUT2D eigenvalue weighted by molar-refractivity contribution is 5.81. The summed E-state index contributed by atoms with van der Waals surface area (Å²) < 4.78 is 4.92. The third-order valence-corrected chi connectivity index (χ3v) is 3.00. The number of carboxylic acids is 1. The Morgan fingerprint density at radius 2 is 1.39 bits per heavy atom.